The number of methoxy groups -OCH3 is 1. The molecular formula is C28H30N6O4. The summed E-state index contributed by atoms with van der Waals surface area (Å²) in [4.78, 5) is 36.1. The molecule has 0 unspecified atom stereocenters. The van der Waals surface area contributed by atoms with Crippen molar-refractivity contribution in [1.82, 2.24) is 19.4 Å². The Balaban J connectivity index is 1.71. The number of anilines is 3. The fraction of sp³-hybridized carbons (Fsp3) is 0.214. The van der Waals surface area contributed by atoms with Crippen LogP contribution in [0.2, 0.25) is 0 Å². The molecule has 4 aromatic rings. The van der Waals surface area contributed by atoms with E-state index < -0.39 is 0 Å². The van der Waals surface area contributed by atoms with Crippen LogP contribution in [0.1, 0.15) is 5.56 Å². The lowest BCUT2D eigenvalue weighted by Crippen LogP contribution is -2.20. The van der Waals surface area contributed by atoms with Crippen LogP contribution in [0, 0.1) is 6.92 Å². The first-order valence-corrected chi connectivity index (χ1v) is 11.9. The zero-order chi connectivity index (χ0) is 27.2. The molecule has 2 heterocycles. The van der Waals surface area contributed by atoms with Gasteiger partial charge in [0.05, 0.1) is 18.5 Å². The van der Waals surface area contributed by atoms with Gasteiger partial charge in [-0.25, -0.2) is 4.98 Å². The Labute approximate surface area is 220 Å². The molecule has 0 aliphatic carbocycles. The summed E-state index contributed by atoms with van der Waals surface area (Å²) in [7, 11) is 5.54. The second kappa shape index (κ2) is 11.6. The first-order chi connectivity index (χ1) is 18.3. The van der Waals surface area contributed by atoms with Crippen LogP contribution in [0.25, 0.3) is 16.7 Å². The summed E-state index contributed by atoms with van der Waals surface area (Å²) in [6, 6.07) is 13.9. The molecule has 10 heteroatoms. The van der Waals surface area contributed by atoms with Gasteiger partial charge in [-0.3, -0.25) is 14.2 Å². The van der Waals surface area contributed by atoms with E-state index in [1.165, 1.54) is 16.7 Å². The highest BCUT2D eigenvalue weighted by Crippen LogP contribution is 2.31. The van der Waals surface area contributed by atoms with Crippen molar-refractivity contribution in [3.05, 3.63) is 83.3 Å². The van der Waals surface area contributed by atoms with Crippen molar-refractivity contribution in [3.8, 4) is 17.2 Å². The maximum absolute atomic E-state index is 13.1. The van der Waals surface area contributed by atoms with Crippen molar-refractivity contribution in [1.29, 1.82) is 0 Å². The molecule has 38 heavy (non-hydrogen) atoms. The van der Waals surface area contributed by atoms with Gasteiger partial charge in [0.1, 0.15) is 18.1 Å². The van der Waals surface area contributed by atoms with Crippen LogP contribution in [-0.2, 0) is 4.79 Å². The van der Waals surface area contributed by atoms with Crippen LogP contribution >= 0.6 is 0 Å². The molecule has 0 radical (unpaired) electrons. The molecule has 10 nitrogen and oxygen atoms in total. The van der Waals surface area contributed by atoms with E-state index in [4.69, 9.17) is 9.47 Å². The van der Waals surface area contributed by atoms with E-state index in [-0.39, 0.29) is 17.4 Å². The number of hydrogen-bond donors (Lipinski definition) is 2. The molecule has 0 spiro atoms. The predicted molar refractivity (Wildman–Crippen MR) is 149 cm³/mol. The molecule has 0 aliphatic heterocycles. The average Bonchev–Trinajstić information content (AvgIpc) is 2.89. The van der Waals surface area contributed by atoms with Crippen molar-refractivity contribution < 1.29 is 14.3 Å². The molecule has 2 N–H and O–H groups in total. The SMILES string of the molecule is C=CC(=O)Nc1cccc(-n2c(=O)cc(C)c3cnc(Nc4ccc(OCCN(C)C)cc4OC)nc32)c1. The van der Waals surface area contributed by atoms with Gasteiger partial charge < -0.3 is 25.0 Å². The van der Waals surface area contributed by atoms with Crippen molar-refractivity contribution in [2.75, 3.05) is 45.0 Å². The lowest BCUT2D eigenvalue weighted by atomic mass is 10.2. The molecule has 0 bridgehead atoms. The second-order valence-corrected chi connectivity index (χ2v) is 8.81. The van der Waals surface area contributed by atoms with E-state index in [1.807, 2.05) is 38.1 Å². The zero-order valence-electron chi connectivity index (χ0n) is 21.8. The molecule has 2 aromatic carbocycles. The number of nitrogens with one attached hydrogen (secondary N) is 2. The molecule has 1 amide bonds. The Kier molecular flexibility index (Phi) is 8.03. The maximum Gasteiger partial charge on any atom is 0.257 e. The molecule has 0 fully saturated rings. The fourth-order valence-corrected chi connectivity index (χ4v) is 3.81. The lowest BCUT2D eigenvalue weighted by molar-refractivity contribution is -0.111. The molecular weight excluding hydrogens is 484 g/mol. The minimum Gasteiger partial charge on any atom is -0.494 e. The van der Waals surface area contributed by atoms with E-state index in [2.05, 4.69) is 27.2 Å². The van der Waals surface area contributed by atoms with Crippen LogP contribution < -0.4 is 25.7 Å². The summed E-state index contributed by atoms with van der Waals surface area (Å²) in [5, 5.41) is 6.62. The third kappa shape index (κ3) is 5.98. The Morgan fingerprint density at radius 3 is 2.74 bits per heavy atom. The number of fused-ring (bicyclic) bond motifs is 1. The predicted octanol–water partition coefficient (Wildman–Crippen LogP) is 3.91. The summed E-state index contributed by atoms with van der Waals surface area (Å²) in [6.45, 7) is 6.65. The number of aromatic nitrogens is 3. The number of pyridine rings is 1. The largest absolute Gasteiger partial charge is 0.494 e. The molecule has 0 saturated carbocycles. The van der Waals surface area contributed by atoms with Gasteiger partial charge in [-0.05, 0) is 63.0 Å². The number of ether oxygens (including phenoxy) is 2. The van der Waals surface area contributed by atoms with Crippen molar-refractivity contribution in [2.24, 2.45) is 0 Å². The van der Waals surface area contributed by atoms with E-state index >= 15 is 0 Å². The van der Waals surface area contributed by atoms with Crippen molar-refractivity contribution in [2.45, 2.75) is 6.92 Å². The first kappa shape index (κ1) is 26.4. The number of carbonyl (C=O) groups is 1. The van der Waals surface area contributed by atoms with Crippen LogP contribution in [0.4, 0.5) is 17.3 Å². The van der Waals surface area contributed by atoms with Gasteiger partial charge in [0.2, 0.25) is 11.9 Å². The van der Waals surface area contributed by atoms with E-state index in [0.29, 0.717) is 46.2 Å². The van der Waals surface area contributed by atoms with Gasteiger partial charge in [0, 0.05) is 35.9 Å². The van der Waals surface area contributed by atoms with Gasteiger partial charge in [-0.2, -0.15) is 4.98 Å². The standard InChI is InChI=1S/C28H30N6O4/c1-6-25(35)30-19-8-7-9-20(15-19)34-26(36)14-18(2)22-17-29-28(32-27(22)34)31-23-11-10-21(16-24(23)37-5)38-13-12-33(3)4/h6-11,14-17H,1,12-13H2,2-5H3,(H,30,35)(H,29,31,32). The number of hydrogen-bond acceptors (Lipinski definition) is 8. The van der Waals surface area contributed by atoms with Crippen LogP contribution in [0.15, 0.2) is 72.2 Å². The van der Waals surface area contributed by atoms with Crippen LogP contribution in [0.3, 0.4) is 0 Å². The third-order valence-electron chi connectivity index (χ3n) is 5.75. The topological polar surface area (TPSA) is 111 Å². The highest BCUT2D eigenvalue weighted by Gasteiger charge is 2.14. The number of nitrogens with zero attached hydrogens (tertiary/aromatic N) is 4. The highest BCUT2D eigenvalue weighted by atomic mass is 16.5. The Morgan fingerprint density at radius 1 is 1.18 bits per heavy atom. The lowest BCUT2D eigenvalue weighted by Gasteiger charge is -2.15. The number of likely N-dealkylation sites (N-methyl/N-ethyl adjacent to an activating group) is 1. The molecule has 0 saturated heterocycles. The van der Waals surface area contributed by atoms with Gasteiger partial charge >= 0.3 is 0 Å². The van der Waals surface area contributed by atoms with Crippen molar-refractivity contribution in [3.63, 3.8) is 0 Å². The zero-order valence-corrected chi connectivity index (χ0v) is 21.8. The van der Waals surface area contributed by atoms with Gasteiger partial charge in [-0.1, -0.05) is 12.6 Å². The number of amides is 1. The Bertz CT molecular complexity index is 1550. The molecule has 0 atom stereocenters. The summed E-state index contributed by atoms with van der Waals surface area (Å²) in [5.74, 6) is 1.18. The maximum atomic E-state index is 13.1. The van der Waals surface area contributed by atoms with Crippen LogP contribution in [0.5, 0.6) is 11.5 Å². The second-order valence-electron chi connectivity index (χ2n) is 8.81. The van der Waals surface area contributed by atoms with Crippen molar-refractivity contribution >= 4 is 34.3 Å². The molecule has 4 rings (SSSR count). The Morgan fingerprint density at radius 2 is 2.00 bits per heavy atom. The fourth-order valence-electron chi connectivity index (χ4n) is 3.81. The van der Waals surface area contributed by atoms with Gasteiger partial charge in [-0.15, -0.1) is 0 Å². The summed E-state index contributed by atoms with van der Waals surface area (Å²) < 4.78 is 12.8. The Hall–Kier alpha value is -4.70. The number of carbonyl (C=O) groups excluding carboxylic acids is 1. The monoisotopic (exact) mass is 514 g/mol. The minimum absolute atomic E-state index is 0.261. The number of aryl methyl sites for hydroxylation is 1. The molecule has 196 valence electrons. The quantitative estimate of drug-likeness (QED) is 0.307. The van der Waals surface area contributed by atoms with E-state index in [0.717, 1.165) is 12.1 Å². The first-order valence-electron chi connectivity index (χ1n) is 11.9. The highest BCUT2D eigenvalue weighted by molar-refractivity contribution is 5.99. The normalized spacial score (nSPS) is 10.9. The smallest absolute Gasteiger partial charge is 0.257 e. The molecule has 0 aliphatic rings. The minimum atomic E-state index is -0.347. The summed E-state index contributed by atoms with van der Waals surface area (Å²) >= 11 is 0. The number of benzene rings is 2. The summed E-state index contributed by atoms with van der Waals surface area (Å²) in [5.41, 5.74) is 2.62. The number of rotatable bonds is 10. The van der Waals surface area contributed by atoms with E-state index in [9.17, 15) is 9.59 Å². The van der Waals surface area contributed by atoms with Gasteiger partial charge in [0.15, 0.2) is 5.65 Å². The molecule has 2 aromatic heterocycles. The van der Waals surface area contributed by atoms with E-state index in [1.54, 1.807) is 43.6 Å². The summed E-state index contributed by atoms with van der Waals surface area (Å²) in [6.07, 6.45) is 2.85. The van der Waals surface area contributed by atoms with Gasteiger partial charge in [0.25, 0.3) is 5.56 Å². The van der Waals surface area contributed by atoms with Crippen LogP contribution in [-0.4, -0.2) is 59.7 Å². The average molecular weight is 515 g/mol. The third-order valence-corrected chi connectivity index (χ3v) is 5.75.